The van der Waals surface area contributed by atoms with E-state index in [2.05, 4.69) is 22.9 Å². The van der Waals surface area contributed by atoms with E-state index in [4.69, 9.17) is 0 Å². The highest BCUT2D eigenvalue weighted by atomic mass is 32.2. The Morgan fingerprint density at radius 3 is 2.38 bits per heavy atom. The summed E-state index contributed by atoms with van der Waals surface area (Å²) < 4.78 is 37.9. The number of halogens is 1. The Bertz CT molecular complexity index is 1140. The molecule has 0 fully saturated rings. The molecule has 29 heavy (non-hydrogen) atoms. The monoisotopic (exact) mass is 410 g/mol. The van der Waals surface area contributed by atoms with Gasteiger partial charge < -0.3 is 9.80 Å². The number of anilines is 2. The van der Waals surface area contributed by atoms with Gasteiger partial charge in [-0.1, -0.05) is 24.3 Å². The van der Waals surface area contributed by atoms with Crippen LogP contribution in [0.2, 0.25) is 0 Å². The summed E-state index contributed by atoms with van der Waals surface area (Å²) in [5, 5.41) is 0. The van der Waals surface area contributed by atoms with Crippen LogP contribution in [-0.4, -0.2) is 39.7 Å². The van der Waals surface area contributed by atoms with Crippen LogP contribution in [0.4, 0.5) is 15.8 Å². The Hall–Kier alpha value is -2.70. The third kappa shape index (κ3) is 4.04. The fourth-order valence-corrected chi connectivity index (χ4v) is 4.73. The van der Waals surface area contributed by atoms with Gasteiger partial charge in [0.1, 0.15) is 5.82 Å². The van der Waals surface area contributed by atoms with Gasteiger partial charge >= 0.3 is 0 Å². The first-order valence-electron chi connectivity index (χ1n) is 9.47. The zero-order valence-electron chi connectivity index (χ0n) is 16.5. The van der Waals surface area contributed by atoms with Gasteiger partial charge in [0.15, 0.2) is 9.84 Å². The molecular weight excluding hydrogens is 387 g/mol. The van der Waals surface area contributed by atoms with Crippen LogP contribution in [0.25, 0.3) is 11.1 Å². The first kappa shape index (κ1) is 19.6. The molecule has 0 N–H and O–H groups in total. The van der Waals surface area contributed by atoms with Gasteiger partial charge in [0, 0.05) is 42.8 Å². The third-order valence-corrected chi connectivity index (χ3v) is 6.41. The highest BCUT2D eigenvalue weighted by Gasteiger charge is 2.21. The first-order chi connectivity index (χ1) is 13.8. The molecule has 3 aromatic carbocycles. The minimum atomic E-state index is -3.34. The number of benzene rings is 3. The van der Waals surface area contributed by atoms with Crippen LogP contribution < -0.4 is 4.90 Å². The average Bonchev–Trinajstić information content (AvgIpc) is 2.85. The van der Waals surface area contributed by atoms with Crippen LogP contribution in [-0.2, 0) is 16.4 Å². The summed E-state index contributed by atoms with van der Waals surface area (Å²) in [5.74, 6) is -0.256. The van der Waals surface area contributed by atoms with E-state index in [1.54, 1.807) is 24.3 Å². The number of sulfone groups is 1. The number of hydrogen-bond donors (Lipinski definition) is 0. The van der Waals surface area contributed by atoms with E-state index in [1.807, 2.05) is 24.3 Å². The lowest BCUT2D eigenvalue weighted by Gasteiger charge is -2.25. The molecular formula is C23H23FN2O2S. The van der Waals surface area contributed by atoms with Crippen LogP contribution in [0, 0.1) is 5.82 Å². The Balaban J connectivity index is 1.83. The normalized spacial score (nSPS) is 15.1. The second-order valence-electron chi connectivity index (χ2n) is 7.48. The minimum absolute atomic E-state index is 0.256. The summed E-state index contributed by atoms with van der Waals surface area (Å²) in [4.78, 5) is 4.75. The maximum Gasteiger partial charge on any atom is 0.176 e. The highest BCUT2D eigenvalue weighted by molar-refractivity contribution is 7.90. The quantitative estimate of drug-likeness (QED) is 0.638. The molecule has 0 aliphatic carbocycles. The lowest BCUT2D eigenvalue weighted by Crippen LogP contribution is -2.26. The van der Waals surface area contributed by atoms with Crippen molar-refractivity contribution in [2.24, 2.45) is 0 Å². The van der Waals surface area contributed by atoms with Crippen molar-refractivity contribution in [3.05, 3.63) is 78.1 Å². The molecule has 0 spiro atoms. The maximum absolute atomic E-state index is 13.4. The predicted molar refractivity (Wildman–Crippen MR) is 115 cm³/mol. The minimum Gasteiger partial charge on any atom is -0.340 e. The van der Waals surface area contributed by atoms with Gasteiger partial charge in [0.25, 0.3) is 0 Å². The SMILES string of the molecule is CN1CCN(c2ccc(F)cc2)c2ccc(-c3ccccc3S(C)(=O)=O)cc2C1. The molecule has 3 aromatic rings. The van der Waals surface area contributed by atoms with Gasteiger partial charge in [-0.25, -0.2) is 12.8 Å². The number of fused-ring (bicyclic) bond motifs is 1. The second kappa shape index (κ2) is 7.61. The molecule has 1 aliphatic heterocycles. The molecule has 0 saturated carbocycles. The highest BCUT2D eigenvalue weighted by Crippen LogP contribution is 2.36. The average molecular weight is 411 g/mol. The van der Waals surface area contributed by atoms with Crippen molar-refractivity contribution in [1.29, 1.82) is 0 Å². The second-order valence-corrected chi connectivity index (χ2v) is 9.46. The van der Waals surface area contributed by atoms with Crippen LogP contribution in [0.5, 0.6) is 0 Å². The van der Waals surface area contributed by atoms with Gasteiger partial charge in [0.2, 0.25) is 0 Å². The van der Waals surface area contributed by atoms with Crippen molar-refractivity contribution in [2.45, 2.75) is 11.4 Å². The molecule has 0 amide bonds. The van der Waals surface area contributed by atoms with Crippen molar-refractivity contribution in [3.63, 3.8) is 0 Å². The number of nitrogens with zero attached hydrogens (tertiary/aromatic N) is 2. The smallest absolute Gasteiger partial charge is 0.176 e. The molecule has 0 bridgehead atoms. The Kier molecular flexibility index (Phi) is 5.15. The van der Waals surface area contributed by atoms with Crippen LogP contribution >= 0.6 is 0 Å². The van der Waals surface area contributed by atoms with Crippen LogP contribution in [0.1, 0.15) is 5.56 Å². The van der Waals surface area contributed by atoms with E-state index in [9.17, 15) is 12.8 Å². The van der Waals surface area contributed by atoms with E-state index in [-0.39, 0.29) is 5.82 Å². The lowest BCUT2D eigenvalue weighted by molar-refractivity contribution is 0.343. The summed E-state index contributed by atoms with van der Waals surface area (Å²) in [7, 11) is -1.27. The molecule has 0 radical (unpaired) electrons. The number of rotatable bonds is 3. The molecule has 6 heteroatoms. The number of hydrogen-bond acceptors (Lipinski definition) is 4. The van der Waals surface area contributed by atoms with Crippen molar-refractivity contribution >= 4 is 21.2 Å². The van der Waals surface area contributed by atoms with Crippen LogP contribution in [0.15, 0.2) is 71.6 Å². The first-order valence-corrected chi connectivity index (χ1v) is 11.4. The van der Waals surface area contributed by atoms with E-state index >= 15 is 0 Å². The van der Waals surface area contributed by atoms with Gasteiger partial charge in [-0.05, 0) is 60.6 Å². The zero-order chi connectivity index (χ0) is 20.6. The van der Waals surface area contributed by atoms with Crippen molar-refractivity contribution in [2.75, 3.05) is 31.3 Å². The summed E-state index contributed by atoms with van der Waals surface area (Å²) in [6.07, 6.45) is 1.24. The summed E-state index contributed by atoms with van der Waals surface area (Å²) >= 11 is 0. The molecule has 0 unspecified atom stereocenters. The van der Waals surface area contributed by atoms with Crippen molar-refractivity contribution in [1.82, 2.24) is 4.90 Å². The molecule has 1 heterocycles. The Morgan fingerprint density at radius 1 is 0.931 bits per heavy atom. The van der Waals surface area contributed by atoms with Gasteiger partial charge in [-0.3, -0.25) is 0 Å². The Labute approximate surface area is 171 Å². The van der Waals surface area contributed by atoms with Gasteiger partial charge in [0.05, 0.1) is 4.90 Å². The molecule has 0 saturated heterocycles. The van der Waals surface area contributed by atoms with E-state index in [0.29, 0.717) is 10.5 Å². The predicted octanol–water partition coefficient (Wildman–Crippen LogP) is 4.48. The molecule has 0 atom stereocenters. The molecule has 0 aromatic heterocycles. The fraction of sp³-hybridized carbons (Fsp3) is 0.217. The molecule has 4 rings (SSSR count). The fourth-order valence-electron chi connectivity index (χ4n) is 3.82. The van der Waals surface area contributed by atoms with E-state index < -0.39 is 9.84 Å². The van der Waals surface area contributed by atoms with Crippen molar-refractivity contribution in [3.8, 4) is 11.1 Å². The largest absolute Gasteiger partial charge is 0.340 e. The summed E-state index contributed by atoms with van der Waals surface area (Å²) in [6.45, 7) is 2.40. The van der Waals surface area contributed by atoms with Crippen molar-refractivity contribution < 1.29 is 12.8 Å². The summed E-state index contributed by atoms with van der Waals surface area (Å²) in [6, 6.07) is 19.7. The zero-order valence-corrected chi connectivity index (χ0v) is 17.3. The number of likely N-dealkylation sites (N-methyl/N-ethyl adjacent to an activating group) is 1. The molecule has 4 nitrogen and oxygen atoms in total. The summed E-state index contributed by atoms with van der Waals surface area (Å²) in [5.41, 5.74) is 4.68. The van der Waals surface area contributed by atoms with Gasteiger partial charge in [-0.15, -0.1) is 0 Å². The molecule has 1 aliphatic rings. The standard InChI is InChI=1S/C23H23FN2O2S/c1-25-13-14-26(20-10-8-19(24)9-11-20)22-12-7-17(15-18(22)16-25)21-5-3-4-6-23(21)29(2,27)28/h3-12,15H,13-14,16H2,1-2H3. The van der Waals surface area contributed by atoms with E-state index in [1.165, 1.54) is 18.4 Å². The van der Waals surface area contributed by atoms with Gasteiger partial charge in [-0.2, -0.15) is 0 Å². The lowest BCUT2D eigenvalue weighted by atomic mass is 10.0. The van der Waals surface area contributed by atoms with Crippen LogP contribution in [0.3, 0.4) is 0 Å². The Morgan fingerprint density at radius 2 is 1.66 bits per heavy atom. The molecule has 150 valence electrons. The van der Waals surface area contributed by atoms with E-state index in [0.717, 1.165) is 42.1 Å². The third-order valence-electron chi connectivity index (χ3n) is 5.25. The topological polar surface area (TPSA) is 40.6 Å². The maximum atomic E-state index is 13.4.